The molecule has 0 aromatic carbocycles. The van der Waals surface area contributed by atoms with E-state index in [1.807, 2.05) is 13.8 Å². The number of carboxylic acids is 1. The third-order valence-corrected chi connectivity index (χ3v) is 5.10. The lowest BCUT2D eigenvalue weighted by atomic mass is 10.0. The second kappa shape index (κ2) is 5.71. The number of nitrogens with two attached hydrogens (primary N) is 1. The molecular formula is C13H22N2O3S. The average molecular weight is 286 g/mol. The van der Waals surface area contributed by atoms with Crippen LogP contribution in [0.2, 0.25) is 0 Å². The molecule has 1 saturated heterocycles. The summed E-state index contributed by atoms with van der Waals surface area (Å²) in [5, 5.41) is 9.29. The standard InChI is InChI=1S/C13H22N2O3S/c1-7(2)5-9(14)11(16)15-10(13(17)18)6-19-12(15)8-3-4-8/h7-10,12H,3-6,14H2,1-2H3,(H,17,18)/t9-,10?,12?/m1/s1. The molecule has 0 aromatic rings. The molecule has 1 heterocycles. The Morgan fingerprint density at radius 3 is 2.53 bits per heavy atom. The fraction of sp³-hybridized carbons (Fsp3) is 0.846. The number of nitrogens with zero attached hydrogens (tertiary/aromatic N) is 1. The molecule has 108 valence electrons. The largest absolute Gasteiger partial charge is 0.480 e. The Kier molecular flexibility index (Phi) is 4.40. The van der Waals surface area contributed by atoms with Crippen molar-refractivity contribution < 1.29 is 14.7 Å². The van der Waals surface area contributed by atoms with Crippen molar-refractivity contribution in [3.05, 3.63) is 0 Å². The number of amides is 1. The van der Waals surface area contributed by atoms with Gasteiger partial charge in [-0.25, -0.2) is 4.79 Å². The highest BCUT2D eigenvalue weighted by atomic mass is 32.2. The average Bonchev–Trinajstić information content (AvgIpc) is 3.05. The molecule has 2 rings (SSSR count). The van der Waals surface area contributed by atoms with Crippen LogP contribution >= 0.6 is 11.8 Å². The van der Waals surface area contributed by atoms with Gasteiger partial charge in [0.15, 0.2) is 0 Å². The van der Waals surface area contributed by atoms with Gasteiger partial charge in [0.05, 0.1) is 11.4 Å². The SMILES string of the molecule is CC(C)C[C@@H](N)C(=O)N1C(C(=O)O)CSC1C1CC1. The van der Waals surface area contributed by atoms with Gasteiger partial charge in [0, 0.05) is 5.75 Å². The lowest BCUT2D eigenvalue weighted by Gasteiger charge is -2.30. The monoisotopic (exact) mass is 286 g/mol. The van der Waals surface area contributed by atoms with E-state index >= 15 is 0 Å². The molecule has 1 aliphatic carbocycles. The Balaban J connectivity index is 2.11. The van der Waals surface area contributed by atoms with Gasteiger partial charge in [-0.1, -0.05) is 13.8 Å². The van der Waals surface area contributed by atoms with Crippen LogP contribution in [0.5, 0.6) is 0 Å². The van der Waals surface area contributed by atoms with Gasteiger partial charge in [-0.3, -0.25) is 4.79 Å². The first-order valence-corrected chi connectivity index (χ1v) is 7.88. The second-order valence-electron chi connectivity index (χ2n) is 5.90. The molecule has 1 amide bonds. The van der Waals surface area contributed by atoms with Gasteiger partial charge in [-0.05, 0) is 31.1 Å². The van der Waals surface area contributed by atoms with E-state index < -0.39 is 18.1 Å². The maximum Gasteiger partial charge on any atom is 0.327 e. The summed E-state index contributed by atoms with van der Waals surface area (Å²) in [7, 11) is 0. The fourth-order valence-corrected chi connectivity index (χ4v) is 4.18. The van der Waals surface area contributed by atoms with Crippen LogP contribution in [0.4, 0.5) is 0 Å². The quantitative estimate of drug-likeness (QED) is 0.791. The van der Waals surface area contributed by atoms with Gasteiger partial charge in [0.2, 0.25) is 5.91 Å². The highest BCUT2D eigenvalue weighted by Gasteiger charge is 2.48. The number of carboxylic acid groups (broad SMARTS) is 1. The lowest BCUT2D eigenvalue weighted by Crippen LogP contribution is -2.52. The number of thioether (sulfide) groups is 1. The first kappa shape index (κ1) is 14.7. The van der Waals surface area contributed by atoms with E-state index in [4.69, 9.17) is 5.73 Å². The number of carbonyl (C=O) groups excluding carboxylic acids is 1. The zero-order valence-corrected chi connectivity index (χ0v) is 12.2. The summed E-state index contributed by atoms with van der Waals surface area (Å²) in [5.74, 6) is 0.168. The molecule has 2 fully saturated rings. The summed E-state index contributed by atoms with van der Waals surface area (Å²) in [6.07, 6.45) is 2.78. The minimum absolute atomic E-state index is 0.0202. The maximum atomic E-state index is 12.5. The van der Waals surface area contributed by atoms with Gasteiger partial charge >= 0.3 is 5.97 Å². The number of carbonyl (C=O) groups is 2. The van der Waals surface area contributed by atoms with Crippen LogP contribution in [0.15, 0.2) is 0 Å². The van der Waals surface area contributed by atoms with Crippen LogP contribution in [0.1, 0.15) is 33.1 Å². The molecule has 19 heavy (non-hydrogen) atoms. The van der Waals surface area contributed by atoms with Crippen molar-refractivity contribution in [2.75, 3.05) is 5.75 Å². The van der Waals surface area contributed by atoms with Crippen LogP contribution in [-0.4, -0.2) is 45.1 Å². The summed E-state index contributed by atoms with van der Waals surface area (Å²) in [4.78, 5) is 25.3. The van der Waals surface area contributed by atoms with Crippen LogP contribution < -0.4 is 5.73 Å². The molecule has 0 aromatic heterocycles. The topological polar surface area (TPSA) is 83.6 Å². The summed E-state index contributed by atoms with van der Waals surface area (Å²) in [6.45, 7) is 4.03. The fourth-order valence-electron chi connectivity index (χ4n) is 2.54. The second-order valence-corrected chi connectivity index (χ2v) is 7.05. The van der Waals surface area contributed by atoms with Crippen LogP contribution in [-0.2, 0) is 9.59 Å². The molecule has 2 unspecified atom stereocenters. The van der Waals surface area contributed by atoms with Crippen molar-refractivity contribution >= 4 is 23.6 Å². The summed E-state index contributed by atoms with van der Waals surface area (Å²) in [5.41, 5.74) is 5.95. The number of hydrogen-bond acceptors (Lipinski definition) is 4. The van der Waals surface area contributed by atoms with Crippen molar-refractivity contribution in [2.45, 2.75) is 50.6 Å². The molecule has 1 saturated carbocycles. The predicted octanol–water partition coefficient (Wildman–Crippen LogP) is 1.12. The number of rotatable bonds is 5. The predicted molar refractivity (Wildman–Crippen MR) is 74.7 cm³/mol. The van der Waals surface area contributed by atoms with E-state index in [1.165, 1.54) is 0 Å². The zero-order chi connectivity index (χ0) is 14.2. The van der Waals surface area contributed by atoms with Crippen molar-refractivity contribution in [2.24, 2.45) is 17.6 Å². The maximum absolute atomic E-state index is 12.5. The van der Waals surface area contributed by atoms with E-state index in [0.717, 1.165) is 12.8 Å². The van der Waals surface area contributed by atoms with Gasteiger partial charge in [0.25, 0.3) is 0 Å². The van der Waals surface area contributed by atoms with Crippen LogP contribution in [0, 0.1) is 11.8 Å². The molecule has 3 atom stereocenters. The van der Waals surface area contributed by atoms with E-state index in [-0.39, 0.29) is 11.3 Å². The Morgan fingerprint density at radius 1 is 1.42 bits per heavy atom. The number of aliphatic carboxylic acids is 1. The molecule has 0 spiro atoms. The minimum Gasteiger partial charge on any atom is -0.480 e. The summed E-state index contributed by atoms with van der Waals surface area (Å²) in [6, 6.07) is -1.29. The molecule has 3 N–H and O–H groups in total. The molecule has 2 aliphatic rings. The van der Waals surface area contributed by atoms with Gasteiger partial charge in [-0.2, -0.15) is 0 Å². The van der Waals surface area contributed by atoms with E-state index in [9.17, 15) is 14.7 Å². The Labute approximate surface area is 117 Å². The van der Waals surface area contributed by atoms with Crippen LogP contribution in [0.25, 0.3) is 0 Å². The third-order valence-electron chi connectivity index (χ3n) is 3.64. The molecule has 0 bridgehead atoms. The molecule has 6 heteroatoms. The van der Waals surface area contributed by atoms with E-state index in [0.29, 0.717) is 24.0 Å². The van der Waals surface area contributed by atoms with E-state index in [1.54, 1.807) is 16.7 Å². The molecule has 5 nitrogen and oxygen atoms in total. The van der Waals surface area contributed by atoms with E-state index in [2.05, 4.69) is 0 Å². The van der Waals surface area contributed by atoms with Gasteiger partial charge in [-0.15, -0.1) is 11.8 Å². The Bertz CT molecular complexity index is 371. The number of hydrogen-bond donors (Lipinski definition) is 2. The molecule has 0 radical (unpaired) electrons. The lowest BCUT2D eigenvalue weighted by molar-refractivity contribution is -0.150. The highest BCUT2D eigenvalue weighted by Crippen LogP contribution is 2.45. The molecule has 1 aliphatic heterocycles. The minimum atomic E-state index is -0.916. The summed E-state index contributed by atoms with van der Waals surface area (Å²) < 4.78 is 0. The zero-order valence-electron chi connectivity index (χ0n) is 11.4. The van der Waals surface area contributed by atoms with Crippen molar-refractivity contribution in [1.29, 1.82) is 0 Å². The third kappa shape index (κ3) is 3.23. The smallest absolute Gasteiger partial charge is 0.327 e. The Hall–Kier alpha value is -0.750. The highest BCUT2D eigenvalue weighted by molar-refractivity contribution is 8.00. The normalized spacial score (nSPS) is 28.7. The van der Waals surface area contributed by atoms with Gasteiger partial charge < -0.3 is 15.7 Å². The van der Waals surface area contributed by atoms with Crippen molar-refractivity contribution in [3.63, 3.8) is 0 Å². The Morgan fingerprint density at radius 2 is 2.05 bits per heavy atom. The molecular weight excluding hydrogens is 264 g/mol. The van der Waals surface area contributed by atoms with Crippen molar-refractivity contribution in [3.8, 4) is 0 Å². The first-order chi connectivity index (χ1) is 8.91. The first-order valence-electron chi connectivity index (χ1n) is 6.84. The summed E-state index contributed by atoms with van der Waals surface area (Å²) >= 11 is 1.59. The van der Waals surface area contributed by atoms with Gasteiger partial charge in [0.1, 0.15) is 6.04 Å². The van der Waals surface area contributed by atoms with Crippen molar-refractivity contribution in [1.82, 2.24) is 4.90 Å². The van der Waals surface area contributed by atoms with Crippen LogP contribution in [0.3, 0.4) is 0 Å².